The molecule has 0 amide bonds. The second-order valence-electron chi connectivity index (χ2n) is 16.0. The molecule has 40 heavy (non-hydrogen) atoms. The van der Waals surface area contributed by atoms with Gasteiger partial charge < -0.3 is 25.5 Å². The van der Waals surface area contributed by atoms with Gasteiger partial charge in [-0.3, -0.25) is 4.79 Å². The first-order valence-corrected chi connectivity index (χ1v) is 15.9. The summed E-state index contributed by atoms with van der Waals surface area (Å²) < 4.78 is 0. The third-order valence-electron chi connectivity index (χ3n) is 15.2. The van der Waals surface area contributed by atoms with E-state index in [2.05, 4.69) is 53.0 Å². The summed E-state index contributed by atoms with van der Waals surface area (Å²) in [5, 5.41) is 53.5. The van der Waals surface area contributed by atoms with Crippen LogP contribution >= 0.6 is 0 Å². The van der Waals surface area contributed by atoms with Crippen molar-refractivity contribution in [2.24, 2.45) is 74.4 Å². The molecule has 6 nitrogen and oxygen atoms in total. The Bertz CT molecular complexity index is 1070. The van der Waals surface area contributed by atoms with Gasteiger partial charge in [0, 0.05) is 6.61 Å². The zero-order chi connectivity index (χ0) is 29.7. The van der Waals surface area contributed by atoms with E-state index in [1.807, 2.05) is 0 Å². The standard InChI is InChI=1S/C34H54O6/c1-8-9-22-18-25-29(4,31(6)16-17-33(19-35)15-10-20(2)21(3)26(33)27(22)31)14-12-24-30(5,34(38,39)40)13-11-23(28(36)37)32(24,25)7/h9,20-27,35,38-40H,1,10-19H2,2-7H3,(H,36,37)/t20-,21+,22?,23?,24+,25+,26+,27-,29-,30?,31-,32+,33-/m1/s1. The lowest BCUT2D eigenvalue weighted by Crippen LogP contribution is -2.72. The molecule has 0 aromatic heterocycles. The molecule has 6 heteroatoms. The van der Waals surface area contributed by atoms with Gasteiger partial charge in [-0.1, -0.05) is 48.1 Å². The maximum atomic E-state index is 12.9. The molecule has 0 aliphatic heterocycles. The zero-order valence-corrected chi connectivity index (χ0v) is 25.6. The molecule has 5 aliphatic rings. The number of aliphatic hydroxyl groups excluding tert-OH is 1. The number of carboxylic acids is 1. The predicted molar refractivity (Wildman–Crippen MR) is 154 cm³/mol. The largest absolute Gasteiger partial charge is 0.481 e. The van der Waals surface area contributed by atoms with Gasteiger partial charge in [0.05, 0.1) is 11.3 Å². The highest BCUT2D eigenvalue weighted by Gasteiger charge is 2.75. The van der Waals surface area contributed by atoms with Crippen molar-refractivity contribution in [3.8, 4) is 0 Å². The van der Waals surface area contributed by atoms with Gasteiger partial charge in [-0.25, -0.2) is 0 Å². The van der Waals surface area contributed by atoms with E-state index in [9.17, 15) is 30.3 Å². The van der Waals surface area contributed by atoms with Gasteiger partial charge in [0.1, 0.15) is 0 Å². The van der Waals surface area contributed by atoms with E-state index in [1.165, 1.54) is 0 Å². The first kappa shape index (κ1) is 30.3. The van der Waals surface area contributed by atoms with Crippen molar-refractivity contribution in [3.05, 3.63) is 18.4 Å². The fourth-order valence-corrected chi connectivity index (χ4v) is 12.6. The lowest BCUT2D eigenvalue weighted by molar-refractivity contribution is -0.405. The minimum absolute atomic E-state index is 0.00983. The Morgan fingerprint density at radius 2 is 1.60 bits per heavy atom. The Labute approximate surface area is 241 Å². The van der Waals surface area contributed by atoms with Crippen LogP contribution in [-0.2, 0) is 4.79 Å². The van der Waals surface area contributed by atoms with Gasteiger partial charge in [-0.15, -0.1) is 5.73 Å². The molecule has 5 saturated carbocycles. The van der Waals surface area contributed by atoms with E-state index in [0.717, 1.165) is 38.5 Å². The van der Waals surface area contributed by atoms with Crippen LogP contribution < -0.4 is 0 Å². The summed E-state index contributed by atoms with van der Waals surface area (Å²) >= 11 is 0. The first-order valence-electron chi connectivity index (χ1n) is 15.9. The summed E-state index contributed by atoms with van der Waals surface area (Å²) in [6, 6.07) is 0. The van der Waals surface area contributed by atoms with Crippen LogP contribution in [0.1, 0.15) is 99.3 Å². The normalized spacial score (nSPS) is 54.1. The zero-order valence-electron chi connectivity index (χ0n) is 25.6. The number of rotatable bonds is 4. The van der Waals surface area contributed by atoms with Crippen molar-refractivity contribution in [1.82, 2.24) is 0 Å². The van der Waals surface area contributed by atoms with Gasteiger partial charge in [0.2, 0.25) is 0 Å². The number of aliphatic carboxylic acids is 1. The molecule has 13 atom stereocenters. The third kappa shape index (κ3) is 3.65. The lowest BCUT2D eigenvalue weighted by Gasteiger charge is -2.75. The van der Waals surface area contributed by atoms with Crippen molar-refractivity contribution in [2.75, 3.05) is 6.61 Å². The minimum Gasteiger partial charge on any atom is -0.481 e. The second-order valence-corrected chi connectivity index (χ2v) is 16.0. The Kier molecular flexibility index (Phi) is 7.13. The minimum atomic E-state index is -2.88. The van der Waals surface area contributed by atoms with Crippen LogP contribution in [0.15, 0.2) is 18.4 Å². The first-order chi connectivity index (χ1) is 18.5. The van der Waals surface area contributed by atoms with Crippen LogP contribution in [0.4, 0.5) is 0 Å². The van der Waals surface area contributed by atoms with Crippen LogP contribution in [0, 0.1) is 74.4 Å². The lowest BCUT2D eigenvalue weighted by atomic mass is 9.29. The van der Waals surface area contributed by atoms with E-state index in [4.69, 9.17) is 0 Å². The van der Waals surface area contributed by atoms with Crippen LogP contribution in [-0.4, -0.2) is 44.1 Å². The number of aliphatic hydroxyl groups is 4. The Balaban J connectivity index is 1.70. The van der Waals surface area contributed by atoms with Crippen LogP contribution in [0.5, 0.6) is 0 Å². The van der Waals surface area contributed by atoms with Crippen molar-refractivity contribution in [3.63, 3.8) is 0 Å². The van der Waals surface area contributed by atoms with Crippen molar-refractivity contribution in [2.45, 2.75) is 105 Å². The van der Waals surface area contributed by atoms with Gasteiger partial charge in [-0.05, 0) is 127 Å². The Hall–Kier alpha value is -1.17. The predicted octanol–water partition coefficient (Wildman–Crippen LogP) is 5.60. The van der Waals surface area contributed by atoms with Crippen LogP contribution in [0.2, 0.25) is 0 Å². The highest BCUT2D eigenvalue weighted by molar-refractivity contribution is 5.71. The van der Waals surface area contributed by atoms with Gasteiger partial charge in [0.15, 0.2) is 0 Å². The number of hydrogen-bond donors (Lipinski definition) is 5. The summed E-state index contributed by atoms with van der Waals surface area (Å²) in [6.07, 6.45) is 9.18. The Morgan fingerprint density at radius 1 is 0.925 bits per heavy atom. The number of hydrogen-bond acceptors (Lipinski definition) is 5. The van der Waals surface area contributed by atoms with Crippen LogP contribution in [0.3, 0.4) is 0 Å². The molecule has 5 rings (SSSR count). The molecule has 0 saturated heterocycles. The highest BCUT2D eigenvalue weighted by Crippen LogP contribution is 2.79. The van der Waals surface area contributed by atoms with Crippen molar-refractivity contribution >= 4 is 5.97 Å². The van der Waals surface area contributed by atoms with Crippen molar-refractivity contribution < 1.29 is 30.3 Å². The van der Waals surface area contributed by atoms with E-state index in [1.54, 1.807) is 6.92 Å². The summed E-state index contributed by atoms with van der Waals surface area (Å²) in [4.78, 5) is 12.9. The highest BCUT2D eigenvalue weighted by atomic mass is 16.7. The average molecular weight is 559 g/mol. The molecule has 5 fully saturated rings. The second kappa shape index (κ2) is 9.41. The van der Waals surface area contributed by atoms with Gasteiger partial charge in [0.25, 0.3) is 5.97 Å². The molecular weight excluding hydrogens is 504 g/mol. The maximum absolute atomic E-state index is 12.9. The number of allylic oxidation sites excluding steroid dienone is 1. The quantitative estimate of drug-likeness (QED) is 0.227. The molecule has 5 N–H and O–H groups in total. The van der Waals surface area contributed by atoms with Gasteiger partial charge in [-0.2, -0.15) is 0 Å². The fraction of sp³-hybridized carbons (Fsp3) is 0.882. The molecule has 0 aromatic rings. The van der Waals surface area contributed by atoms with E-state index in [-0.39, 0.29) is 47.0 Å². The van der Waals surface area contributed by atoms with Crippen LogP contribution in [0.25, 0.3) is 0 Å². The van der Waals surface area contributed by atoms with E-state index >= 15 is 0 Å². The molecule has 0 bridgehead atoms. The number of fused-ring (bicyclic) bond motifs is 7. The topological polar surface area (TPSA) is 118 Å². The van der Waals surface area contributed by atoms with E-state index < -0.39 is 28.7 Å². The maximum Gasteiger partial charge on any atom is 0.307 e. The summed E-state index contributed by atoms with van der Waals surface area (Å²) in [5.74, 6) is -2.77. The molecule has 0 radical (unpaired) electrons. The monoisotopic (exact) mass is 558 g/mol. The Morgan fingerprint density at radius 3 is 2.17 bits per heavy atom. The SMILES string of the molecule is C=C=CC1C[C@@H]2[C@@]3(C)C(C(=O)O)CCC(C)(C(O)(O)O)[C@@H]3CC[C@@]2(C)[C@]2(C)CC[C@@]3(CO)CC[C@@H](C)[C@H](C)[C@H]3[C@@H]12. The van der Waals surface area contributed by atoms with Crippen molar-refractivity contribution in [1.29, 1.82) is 0 Å². The molecule has 3 unspecified atom stereocenters. The average Bonchev–Trinajstić information content (AvgIpc) is 2.87. The molecule has 5 aliphatic carbocycles. The van der Waals surface area contributed by atoms with Gasteiger partial charge >= 0.3 is 5.97 Å². The van der Waals surface area contributed by atoms with E-state index in [0.29, 0.717) is 36.5 Å². The molecule has 226 valence electrons. The summed E-state index contributed by atoms with van der Waals surface area (Å²) in [6.45, 7) is 17.6. The molecule has 0 aromatic carbocycles. The molecule has 0 heterocycles. The number of carboxylic acid groups (broad SMARTS) is 1. The summed E-state index contributed by atoms with van der Waals surface area (Å²) in [5.41, 5.74) is 0.832. The fourth-order valence-electron chi connectivity index (χ4n) is 12.6. The third-order valence-corrected chi connectivity index (χ3v) is 15.2. The molecule has 0 spiro atoms. The smallest absolute Gasteiger partial charge is 0.307 e. The summed E-state index contributed by atoms with van der Waals surface area (Å²) in [7, 11) is 0. The molecular formula is C34H54O6. The number of carbonyl (C=O) groups is 1.